The molecule has 0 amide bonds. The molecule has 2 unspecified atom stereocenters. The monoisotopic (exact) mass is 158 g/mol. The van der Waals surface area contributed by atoms with Gasteiger partial charge in [-0.05, 0) is 6.92 Å². The van der Waals surface area contributed by atoms with Crippen LogP contribution >= 0.6 is 0 Å². The maximum absolute atomic E-state index is 9.60. The summed E-state index contributed by atoms with van der Waals surface area (Å²) in [5.74, 6) is 0.104. The van der Waals surface area contributed by atoms with Crippen LogP contribution in [0.2, 0.25) is 0 Å². The van der Waals surface area contributed by atoms with Crippen molar-refractivity contribution in [2.75, 3.05) is 6.61 Å². The molecule has 4 atom stereocenters. The van der Waals surface area contributed by atoms with Crippen LogP contribution in [0.1, 0.15) is 13.8 Å². The van der Waals surface area contributed by atoms with Crippen LogP contribution in [0, 0.1) is 5.92 Å². The van der Waals surface area contributed by atoms with Gasteiger partial charge in [-0.2, -0.15) is 0 Å². The van der Waals surface area contributed by atoms with Crippen molar-refractivity contribution in [2.24, 2.45) is 5.92 Å². The van der Waals surface area contributed by atoms with E-state index < -0.39 is 11.7 Å². The van der Waals surface area contributed by atoms with E-state index in [0.29, 0.717) is 0 Å². The lowest BCUT2D eigenvalue weighted by atomic mass is 9.84. The molecule has 0 bridgehead atoms. The Morgan fingerprint density at radius 3 is 2.36 bits per heavy atom. The van der Waals surface area contributed by atoms with Crippen LogP contribution in [0.25, 0.3) is 0 Å². The number of aliphatic hydroxyl groups is 2. The van der Waals surface area contributed by atoms with Crippen LogP contribution in [-0.2, 0) is 4.74 Å². The lowest BCUT2D eigenvalue weighted by Crippen LogP contribution is -2.41. The smallest absolute Gasteiger partial charge is 0.139 e. The van der Waals surface area contributed by atoms with E-state index in [-0.39, 0.29) is 18.5 Å². The van der Waals surface area contributed by atoms with Crippen molar-refractivity contribution in [3.63, 3.8) is 0 Å². The van der Waals surface area contributed by atoms with Gasteiger partial charge in [-0.25, -0.2) is 0 Å². The summed E-state index contributed by atoms with van der Waals surface area (Å²) in [7, 11) is 1.91. The molecule has 0 radical (unpaired) electrons. The van der Waals surface area contributed by atoms with Crippen LogP contribution in [0.3, 0.4) is 0 Å². The van der Waals surface area contributed by atoms with Crippen molar-refractivity contribution >= 4 is 7.85 Å². The van der Waals surface area contributed by atoms with Gasteiger partial charge in [0.25, 0.3) is 0 Å². The molecule has 1 saturated heterocycles. The van der Waals surface area contributed by atoms with E-state index in [1.54, 1.807) is 6.92 Å². The highest BCUT2D eigenvalue weighted by atomic mass is 16.5. The quantitative estimate of drug-likeness (QED) is 0.467. The van der Waals surface area contributed by atoms with Crippen molar-refractivity contribution in [3.05, 3.63) is 0 Å². The fraction of sp³-hybridized carbons (Fsp3) is 1.00. The maximum atomic E-state index is 9.60. The van der Waals surface area contributed by atoms with E-state index >= 15 is 0 Å². The first-order valence-electron chi connectivity index (χ1n) is 3.98. The van der Waals surface area contributed by atoms with Crippen molar-refractivity contribution < 1.29 is 14.9 Å². The van der Waals surface area contributed by atoms with E-state index in [9.17, 15) is 5.11 Å². The molecule has 1 fully saturated rings. The number of hydrogen-bond acceptors (Lipinski definition) is 3. The fourth-order valence-corrected chi connectivity index (χ4v) is 1.55. The Labute approximate surface area is 67.8 Å². The minimum absolute atomic E-state index is 0.0298. The molecule has 64 valence electrons. The summed E-state index contributed by atoms with van der Waals surface area (Å²) in [5.41, 5.74) is -0.751. The number of hydrogen-bond donors (Lipinski definition) is 2. The molecule has 1 rings (SSSR count). The van der Waals surface area contributed by atoms with Gasteiger partial charge in [0.05, 0.1) is 12.7 Å². The summed E-state index contributed by atoms with van der Waals surface area (Å²) < 4.78 is 5.42. The lowest BCUT2D eigenvalue weighted by Gasteiger charge is -2.25. The molecule has 0 saturated carbocycles. The van der Waals surface area contributed by atoms with Crippen LogP contribution in [-0.4, -0.2) is 42.4 Å². The summed E-state index contributed by atoms with van der Waals surface area (Å²) in [5, 5.41) is 18.5. The maximum Gasteiger partial charge on any atom is 0.139 e. The standard InChI is InChI=1S/C7H15BO3/c1-4-5(10)7(2,3-9)11-6(4)8/h4-6,9-10H,3,8H2,1-2H3/t4-,5?,6?,7-/m1/s1. The molecule has 11 heavy (non-hydrogen) atoms. The number of rotatable bonds is 1. The van der Waals surface area contributed by atoms with E-state index in [0.717, 1.165) is 0 Å². The van der Waals surface area contributed by atoms with Gasteiger partial charge in [-0.3, -0.25) is 0 Å². The van der Waals surface area contributed by atoms with E-state index in [2.05, 4.69) is 0 Å². The third-order valence-corrected chi connectivity index (χ3v) is 2.63. The van der Waals surface area contributed by atoms with Gasteiger partial charge in [-0.1, -0.05) is 6.92 Å². The molecule has 0 aromatic rings. The Bertz CT molecular complexity index is 153. The van der Waals surface area contributed by atoms with E-state index in [4.69, 9.17) is 9.84 Å². The number of aliphatic hydroxyl groups excluding tert-OH is 2. The summed E-state index contributed by atoms with van der Waals surface area (Å²) in [6, 6.07) is 0.0298. The Balaban J connectivity index is 2.73. The molecule has 0 spiro atoms. The summed E-state index contributed by atoms with van der Waals surface area (Å²) in [6.45, 7) is 3.54. The van der Waals surface area contributed by atoms with Gasteiger partial charge in [0.2, 0.25) is 0 Å². The molecule has 1 heterocycles. The lowest BCUT2D eigenvalue weighted by molar-refractivity contribution is -0.0847. The van der Waals surface area contributed by atoms with Gasteiger partial charge >= 0.3 is 0 Å². The Morgan fingerprint density at radius 1 is 1.64 bits per heavy atom. The molecule has 4 heteroatoms. The third-order valence-electron chi connectivity index (χ3n) is 2.63. The zero-order chi connectivity index (χ0) is 8.65. The summed E-state index contributed by atoms with van der Waals surface area (Å²) in [6.07, 6.45) is -0.553. The molecule has 1 aliphatic rings. The van der Waals surface area contributed by atoms with Crippen LogP contribution in [0.4, 0.5) is 0 Å². The van der Waals surface area contributed by atoms with Crippen molar-refractivity contribution in [2.45, 2.75) is 31.6 Å². The fourth-order valence-electron chi connectivity index (χ4n) is 1.55. The van der Waals surface area contributed by atoms with Crippen molar-refractivity contribution in [3.8, 4) is 0 Å². The molecule has 2 N–H and O–H groups in total. The molecule has 0 aromatic carbocycles. The van der Waals surface area contributed by atoms with Gasteiger partial charge < -0.3 is 14.9 Å². The molecule has 0 aliphatic carbocycles. The van der Waals surface area contributed by atoms with Crippen LogP contribution in [0.5, 0.6) is 0 Å². The third kappa shape index (κ3) is 1.30. The summed E-state index contributed by atoms with van der Waals surface area (Å²) >= 11 is 0. The molecule has 3 nitrogen and oxygen atoms in total. The second-order valence-corrected chi connectivity index (χ2v) is 3.60. The second kappa shape index (κ2) is 2.77. The summed E-state index contributed by atoms with van der Waals surface area (Å²) in [4.78, 5) is 0. The highest BCUT2D eigenvalue weighted by molar-refractivity contribution is 6.11. The van der Waals surface area contributed by atoms with E-state index in [1.807, 2.05) is 14.8 Å². The average Bonchev–Trinajstić information content (AvgIpc) is 2.17. The Kier molecular flexibility index (Phi) is 2.28. The van der Waals surface area contributed by atoms with E-state index in [1.165, 1.54) is 0 Å². The number of ether oxygens (including phenoxy) is 1. The van der Waals surface area contributed by atoms with Gasteiger partial charge in [0.15, 0.2) is 0 Å². The minimum Gasteiger partial charge on any atom is -0.393 e. The van der Waals surface area contributed by atoms with Gasteiger partial charge in [-0.15, -0.1) is 0 Å². The Hall–Kier alpha value is -0.0551. The Morgan fingerprint density at radius 2 is 2.18 bits per heavy atom. The predicted octanol–water partition coefficient (Wildman–Crippen LogP) is -1.28. The van der Waals surface area contributed by atoms with Crippen molar-refractivity contribution in [1.29, 1.82) is 0 Å². The zero-order valence-corrected chi connectivity index (χ0v) is 7.24. The first-order chi connectivity index (χ1) is 5.01. The zero-order valence-electron chi connectivity index (χ0n) is 7.24. The highest BCUT2D eigenvalue weighted by Gasteiger charge is 2.46. The first-order valence-corrected chi connectivity index (χ1v) is 3.98. The van der Waals surface area contributed by atoms with Gasteiger partial charge in [0.1, 0.15) is 13.4 Å². The first kappa shape index (κ1) is 9.04. The van der Waals surface area contributed by atoms with Crippen LogP contribution < -0.4 is 0 Å². The van der Waals surface area contributed by atoms with Crippen LogP contribution in [0.15, 0.2) is 0 Å². The second-order valence-electron chi connectivity index (χ2n) is 3.60. The topological polar surface area (TPSA) is 49.7 Å². The molecule has 0 aromatic heterocycles. The van der Waals surface area contributed by atoms with Crippen molar-refractivity contribution in [1.82, 2.24) is 0 Å². The molecule has 1 aliphatic heterocycles. The minimum atomic E-state index is -0.751. The SMILES string of the molecule is BC1O[C@](C)(CO)C(O)[C@H]1C. The molecular weight excluding hydrogens is 143 g/mol. The van der Waals surface area contributed by atoms with Gasteiger partial charge in [0, 0.05) is 11.9 Å². The highest BCUT2D eigenvalue weighted by Crippen LogP contribution is 2.33. The largest absolute Gasteiger partial charge is 0.393 e. The predicted molar refractivity (Wildman–Crippen MR) is 44.1 cm³/mol. The normalized spacial score (nSPS) is 51.5. The average molecular weight is 158 g/mol. The molecular formula is C7H15BO3.